The molecule has 2 N–H and O–H groups in total. The van der Waals surface area contributed by atoms with Crippen LogP contribution in [-0.2, 0) is 4.79 Å². The Morgan fingerprint density at radius 2 is 1.71 bits per heavy atom. The number of hydrogen-bond acceptors (Lipinski definition) is 3. The highest BCUT2D eigenvalue weighted by Gasteiger charge is 2.07. The maximum atomic E-state index is 11.8. The first-order valence-electron chi connectivity index (χ1n) is 6.76. The minimum absolute atomic E-state index is 0.208. The van der Waals surface area contributed by atoms with E-state index in [4.69, 9.17) is 34.8 Å². The summed E-state index contributed by atoms with van der Waals surface area (Å²) in [7, 11) is 0. The highest BCUT2D eigenvalue weighted by atomic mass is 35.5. The van der Waals surface area contributed by atoms with Gasteiger partial charge in [-0.15, -0.1) is 0 Å². The zero-order valence-corrected chi connectivity index (χ0v) is 14.5. The first-order valence-corrected chi connectivity index (χ1v) is 7.90. The minimum atomic E-state index is -0.464. The van der Waals surface area contributed by atoms with Crippen LogP contribution in [0.2, 0.25) is 15.1 Å². The molecule has 0 saturated carbocycles. The lowest BCUT2D eigenvalue weighted by atomic mass is 10.2. The van der Waals surface area contributed by atoms with Gasteiger partial charge in [0.2, 0.25) is 0 Å². The van der Waals surface area contributed by atoms with Crippen molar-refractivity contribution in [3.05, 3.63) is 68.7 Å². The molecule has 0 aromatic heterocycles. The van der Waals surface area contributed by atoms with E-state index >= 15 is 0 Å². The van der Waals surface area contributed by atoms with Crippen LogP contribution in [0.1, 0.15) is 15.9 Å². The van der Waals surface area contributed by atoms with Crippen molar-refractivity contribution in [2.45, 2.75) is 0 Å². The molecule has 2 rings (SSSR count). The Balaban J connectivity index is 1.80. The lowest BCUT2D eigenvalue weighted by Crippen LogP contribution is -2.34. The summed E-state index contributed by atoms with van der Waals surface area (Å²) in [6, 6.07) is 11.3. The number of amides is 2. The Hall–Kier alpha value is -2.08. The second-order valence-electron chi connectivity index (χ2n) is 4.66. The van der Waals surface area contributed by atoms with Crippen LogP contribution in [0, 0.1) is 0 Å². The molecule has 124 valence electrons. The predicted octanol–water partition coefficient (Wildman–Crippen LogP) is 3.53. The molecular formula is C16H12Cl3N3O2. The molecular weight excluding hydrogens is 373 g/mol. The van der Waals surface area contributed by atoms with E-state index in [0.29, 0.717) is 26.2 Å². The number of halogens is 3. The van der Waals surface area contributed by atoms with Crippen molar-refractivity contribution in [2.75, 3.05) is 6.54 Å². The summed E-state index contributed by atoms with van der Waals surface area (Å²) in [5.74, 6) is -0.844. The maximum Gasteiger partial charge on any atom is 0.259 e. The van der Waals surface area contributed by atoms with E-state index in [9.17, 15) is 9.59 Å². The number of nitrogens with one attached hydrogen (secondary N) is 2. The Morgan fingerprint density at radius 1 is 1.00 bits per heavy atom. The summed E-state index contributed by atoms with van der Waals surface area (Å²) < 4.78 is 0. The van der Waals surface area contributed by atoms with E-state index in [2.05, 4.69) is 15.8 Å². The summed E-state index contributed by atoms with van der Waals surface area (Å²) in [4.78, 5) is 23.5. The number of rotatable bonds is 5. The van der Waals surface area contributed by atoms with Crippen LogP contribution in [0.3, 0.4) is 0 Å². The maximum absolute atomic E-state index is 11.8. The average molecular weight is 385 g/mol. The van der Waals surface area contributed by atoms with Gasteiger partial charge in [-0.3, -0.25) is 9.59 Å². The summed E-state index contributed by atoms with van der Waals surface area (Å²) in [5.41, 5.74) is 3.38. The van der Waals surface area contributed by atoms with Crippen molar-refractivity contribution in [1.82, 2.24) is 10.7 Å². The molecule has 5 nitrogen and oxygen atoms in total. The van der Waals surface area contributed by atoms with Gasteiger partial charge in [0.25, 0.3) is 11.8 Å². The molecule has 0 aliphatic carbocycles. The van der Waals surface area contributed by atoms with Gasteiger partial charge in [0.15, 0.2) is 0 Å². The summed E-state index contributed by atoms with van der Waals surface area (Å²) >= 11 is 17.4. The van der Waals surface area contributed by atoms with Gasteiger partial charge in [0.05, 0.1) is 22.8 Å². The SMILES string of the molecule is O=C(CNC(=O)c1ccc(Cl)cc1)NN=Cc1ccc(Cl)c(Cl)c1. The summed E-state index contributed by atoms with van der Waals surface area (Å²) in [5, 5.41) is 7.61. The van der Waals surface area contributed by atoms with Gasteiger partial charge < -0.3 is 5.32 Å². The molecule has 0 aliphatic rings. The zero-order chi connectivity index (χ0) is 17.5. The molecule has 8 heteroatoms. The number of nitrogens with zero attached hydrogens (tertiary/aromatic N) is 1. The van der Waals surface area contributed by atoms with Crippen LogP contribution in [-0.4, -0.2) is 24.6 Å². The fraction of sp³-hybridized carbons (Fsp3) is 0.0625. The van der Waals surface area contributed by atoms with Gasteiger partial charge in [0, 0.05) is 10.6 Å². The van der Waals surface area contributed by atoms with Gasteiger partial charge in [-0.25, -0.2) is 5.43 Å². The van der Waals surface area contributed by atoms with E-state index in [-0.39, 0.29) is 12.5 Å². The van der Waals surface area contributed by atoms with E-state index in [0.717, 1.165) is 0 Å². The number of carbonyl (C=O) groups is 2. The zero-order valence-electron chi connectivity index (χ0n) is 12.2. The van der Waals surface area contributed by atoms with Crippen molar-refractivity contribution in [3.8, 4) is 0 Å². The van der Waals surface area contributed by atoms with Crippen molar-refractivity contribution in [1.29, 1.82) is 0 Å². The van der Waals surface area contributed by atoms with E-state index in [1.165, 1.54) is 6.21 Å². The number of benzene rings is 2. The first-order chi connectivity index (χ1) is 11.5. The monoisotopic (exact) mass is 383 g/mol. The van der Waals surface area contributed by atoms with Crippen molar-refractivity contribution >= 4 is 52.8 Å². The smallest absolute Gasteiger partial charge is 0.259 e. The minimum Gasteiger partial charge on any atom is -0.343 e. The second kappa shape index (κ2) is 8.68. The summed E-state index contributed by atoms with van der Waals surface area (Å²) in [6.07, 6.45) is 1.42. The highest BCUT2D eigenvalue weighted by molar-refractivity contribution is 6.42. The van der Waals surface area contributed by atoms with E-state index in [1.54, 1.807) is 42.5 Å². The van der Waals surface area contributed by atoms with Crippen molar-refractivity contribution < 1.29 is 9.59 Å². The standard InChI is InChI=1S/C16H12Cl3N3O2/c17-12-4-2-11(3-5-12)16(24)20-9-15(23)22-21-8-10-1-6-13(18)14(19)7-10/h1-8H,9H2,(H,20,24)(H,22,23). The third kappa shape index (κ3) is 5.53. The highest BCUT2D eigenvalue weighted by Crippen LogP contribution is 2.21. The predicted molar refractivity (Wildman–Crippen MR) is 96.0 cm³/mol. The molecule has 0 spiro atoms. The Morgan fingerprint density at radius 3 is 2.38 bits per heavy atom. The molecule has 24 heavy (non-hydrogen) atoms. The molecule has 0 radical (unpaired) electrons. The van der Waals surface area contributed by atoms with Gasteiger partial charge in [-0.05, 0) is 42.0 Å². The summed E-state index contributed by atoms with van der Waals surface area (Å²) in [6.45, 7) is -0.208. The third-order valence-corrected chi connectivity index (χ3v) is 3.85. The molecule has 0 heterocycles. The topological polar surface area (TPSA) is 70.6 Å². The van der Waals surface area contributed by atoms with Crippen LogP contribution in [0.5, 0.6) is 0 Å². The lowest BCUT2D eigenvalue weighted by Gasteiger charge is -2.04. The normalized spacial score (nSPS) is 10.6. The van der Waals surface area contributed by atoms with Gasteiger partial charge in [-0.1, -0.05) is 40.9 Å². The largest absolute Gasteiger partial charge is 0.343 e. The Bertz CT molecular complexity index is 777. The van der Waals surface area contributed by atoms with Crippen LogP contribution >= 0.6 is 34.8 Å². The number of carbonyl (C=O) groups excluding carboxylic acids is 2. The van der Waals surface area contributed by atoms with Crippen LogP contribution < -0.4 is 10.7 Å². The fourth-order valence-corrected chi connectivity index (χ4v) is 2.11. The first kappa shape index (κ1) is 18.3. The van der Waals surface area contributed by atoms with Crippen molar-refractivity contribution in [3.63, 3.8) is 0 Å². The number of hydrazone groups is 1. The van der Waals surface area contributed by atoms with E-state index < -0.39 is 5.91 Å². The van der Waals surface area contributed by atoms with Crippen molar-refractivity contribution in [2.24, 2.45) is 5.10 Å². The lowest BCUT2D eigenvalue weighted by molar-refractivity contribution is -0.120. The van der Waals surface area contributed by atoms with Gasteiger partial charge >= 0.3 is 0 Å². The second-order valence-corrected chi connectivity index (χ2v) is 5.91. The van der Waals surface area contributed by atoms with Gasteiger partial charge in [-0.2, -0.15) is 5.10 Å². The molecule has 0 saturated heterocycles. The molecule has 2 aromatic rings. The molecule has 0 unspecified atom stereocenters. The fourth-order valence-electron chi connectivity index (χ4n) is 1.67. The molecule has 0 bridgehead atoms. The molecule has 2 amide bonds. The Labute approximate surface area is 153 Å². The molecule has 2 aromatic carbocycles. The van der Waals surface area contributed by atoms with Crippen LogP contribution in [0.25, 0.3) is 0 Å². The molecule has 0 atom stereocenters. The van der Waals surface area contributed by atoms with Crippen LogP contribution in [0.4, 0.5) is 0 Å². The molecule has 0 aliphatic heterocycles. The Kier molecular flexibility index (Phi) is 6.61. The van der Waals surface area contributed by atoms with Gasteiger partial charge in [0.1, 0.15) is 0 Å². The third-order valence-electron chi connectivity index (χ3n) is 2.86. The van der Waals surface area contributed by atoms with Crippen LogP contribution in [0.15, 0.2) is 47.6 Å². The number of hydrogen-bond donors (Lipinski definition) is 2. The van der Waals surface area contributed by atoms with E-state index in [1.807, 2.05) is 0 Å². The molecule has 0 fully saturated rings. The average Bonchev–Trinajstić information content (AvgIpc) is 2.56. The quantitative estimate of drug-likeness (QED) is 0.611.